The Kier molecular flexibility index (Phi) is 5.59. The fraction of sp³-hybridized carbons (Fsp3) is 0.417. The molecule has 1 aromatic carbocycles. The Labute approximate surface area is 101 Å². The van der Waals surface area contributed by atoms with E-state index in [1.54, 1.807) is 12.1 Å². The van der Waals surface area contributed by atoms with Gasteiger partial charge in [0.1, 0.15) is 5.82 Å². The summed E-state index contributed by atoms with van der Waals surface area (Å²) in [5, 5.41) is 5.62. The van der Waals surface area contributed by atoms with Crippen LogP contribution in [-0.4, -0.2) is 44.5 Å². The molecule has 0 atom stereocenters. The van der Waals surface area contributed by atoms with Gasteiger partial charge in [0.05, 0.1) is 6.54 Å². The summed E-state index contributed by atoms with van der Waals surface area (Å²) in [6, 6.07) is 5.84. The summed E-state index contributed by atoms with van der Waals surface area (Å²) >= 11 is 0. The Morgan fingerprint density at radius 1 is 1.41 bits per heavy atom. The number of nitrogens with zero attached hydrogens (tertiary/aromatic N) is 1. The molecule has 1 aromatic rings. The number of benzene rings is 1. The van der Waals surface area contributed by atoms with Crippen LogP contribution in [0.5, 0.6) is 0 Å². The Hall–Kier alpha value is -1.46. The maximum Gasteiger partial charge on any atom is 0.238 e. The zero-order valence-corrected chi connectivity index (χ0v) is 10.2. The molecule has 0 saturated heterocycles. The number of nitrogens with one attached hydrogen (secondary N) is 2. The molecule has 5 heteroatoms. The zero-order valence-electron chi connectivity index (χ0n) is 10.2. The van der Waals surface area contributed by atoms with E-state index in [0.29, 0.717) is 5.69 Å². The van der Waals surface area contributed by atoms with Crippen molar-refractivity contribution in [3.05, 3.63) is 30.1 Å². The lowest BCUT2D eigenvalue weighted by Gasteiger charge is -2.10. The van der Waals surface area contributed by atoms with Gasteiger partial charge in [0.25, 0.3) is 0 Å². The van der Waals surface area contributed by atoms with Crippen molar-refractivity contribution < 1.29 is 9.18 Å². The molecular weight excluding hydrogens is 221 g/mol. The Morgan fingerprint density at radius 3 is 2.82 bits per heavy atom. The smallest absolute Gasteiger partial charge is 0.238 e. The third-order valence-corrected chi connectivity index (χ3v) is 2.13. The molecule has 4 nitrogen and oxygen atoms in total. The zero-order chi connectivity index (χ0) is 12.7. The first kappa shape index (κ1) is 13.6. The number of hydrogen-bond donors (Lipinski definition) is 2. The van der Waals surface area contributed by atoms with Crippen LogP contribution in [0.3, 0.4) is 0 Å². The molecule has 17 heavy (non-hydrogen) atoms. The molecule has 0 unspecified atom stereocenters. The molecule has 0 spiro atoms. The van der Waals surface area contributed by atoms with E-state index in [1.165, 1.54) is 12.1 Å². The highest BCUT2D eigenvalue weighted by Crippen LogP contribution is 2.08. The first-order valence-corrected chi connectivity index (χ1v) is 5.49. The SMILES string of the molecule is CN(C)CCNCC(=O)Nc1cccc(F)c1. The van der Waals surface area contributed by atoms with Gasteiger partial charge in [-0.05, 0) is 32.3 Å². The Balaban J connectivity index is 2.25. The number of hydrogen-bond acceptors (Lipinski definition) is 3. The molecule has 0 aliphatic carbocycles. The average Bonchev–Trinajstić information content (AvgIpc) is 2.24. The number of rotatable bonds is 6. The van der Waals surface area contributed by atoms with E-state index in [9.17, 15) is 9.18 Å². The van der Waals surface area contributed by atoms with Crippen molar-refractivity contribution in [2.75, 3.05) is 39.0 Å². The molecule has 1 rings (SSSR count). The van der Waals surface area contributed by atoms with Gasteiger partial charge >= 0.3 is 0 Å². The van der Waals surface area contributed by atoms with Crippen molar-refractivity contribution in [3.8, 4) is 0 Å². The minimum Gasteiger partial charge on any atom is -0.325 e. The van der Waals surface area contributed by atoms with Gasteiger partial charge in [-0.15, -0.1) is 0 Å². The van der Waals surface area contributed by atoms with Crippen molar-refractivity contribution >= 4 is 11.6 Å². The summed E-state index contributed by atoms with van der Waals surface area (Å²) in [5.74, 6) is -0.530. The molecule has 0 aliphatic rings. The number of carbonyl (C=O) groups is 1. The second kappa shape index (κ2) is 6.98. The van der Waals surface area contributed by atoms with Crippen LogP contribution in [0.2, 0.25) is 0 Å². The summed E-state index contributed by atoms with van der Waals surface area (Å²) in [5.41, 5.74) is 0.476. The highest BCUT2D eigenvalue weighted by Gasteiger charge is 2.02. The normalized spacial score (nSPS) is 10.6. The first-order chi connectivity index (χ1) is 8.08. The van der Waals surface area contributed by atoms with E-state index in [0.717, 1.165) is 13.1 Å². The number of carbonyl (C=O) groups excluding carboxylic acids is 1. The van der Waals surface area contributed by atoms with Crippen LogP contribution in [0.4, 0.5) is 10.1 Å². The molecule has 94 valence electrons. The summed E-state index contributed by atoms with van der Waals surface area (Å²) in [7, 11) is 3.93. The quantitative estimate of drug-likeness (QED) is 0.725. The van der Waals surface area contributed by atoms with E-state index in [2.05, 4.69) is 10.6 Å². The number of amides is 1. The number of likely N-dealkylation sites (N-methyl/N-ethyl adjacent to an activating group) is 1. The topological polar surface area (TPSA) is 44.4 Å². The largest absolute Gasteiger partial charge is 0.325 e. The van der Waals surface area contributed by atoms with Crippen molar-refractivity contribution in [1.29, 1.82) is 0 Å². The molecule has 0 aliphatic heterocycles. The van der Waals surface area contributed by atoms with Gasteiger partial charge in [-0.1, -0.05) is 6.07 Å². The van der Waals surface area contributed by atoms with E-state index in [-0.39, 0.29) is 18.3 Å². The average molecular weight is 239 g/mol. The minimum absolute atomic E-state index is 0.172. The van der Waals surface area contributed by atoms with Gasteiger partial charge in [-0.3, -0.25) is 4.79 Å². The van der Waals surface area contributed by atoms with Crippen LogP contribution in [0.25, 0.3) is 0 Å². The van der Waals surface area contributed by atoms with Crippen LogP contribution in [-0.2, 0) is 4.79 Å². The predicted molar refractivity (Wildman–Crippen MR) is 66.5 cm³/mol. The second-order valence-corrected chi connectivity index (χ2v) is 4.04. The minimum atomic E-state index is -0.358. The van der Waals surface area contributed by atoms with Crippen LogP contribution in [0.15, 0.2) is 24.3 Å². The molecule has 0 radical (unpaired) electrons. The summed E-state index contributed by atoms with van der Waals surface area (Å²) < 4.78 is 12.8. The lowest BCUT2D eigenvalue weighted by molar-refractivity contribution is -0.115. The van der Waals surface area contributed by atoms with Gasteiger partial charge < -0.3 is 15.5 Å². The molecule has 0 bridgehead atoms. The van der Waals surface area contributed by atoms with E-state index >= 15 is 0 Å². The molecule has 0 saturated carbocycles. The fourth-order valence-corrected chi connectivity index (χ4v) is 1.28. The summed E-state index contributed by atoms with van der Waals surface area (Å²) in [6.45, 7) is 1.83. The molecule has 1 amide bonds. The fourth-order valence-electron chi connectivity index (χ4n) is 1.28. The standard InChI is InChI=1S/C12H18FN3O/c1-16(2)7-6-14-9-12(17)15-11-5-3-4-10(13)8-11/h3-5,8,14H,6-7,9H2,1-2H3,(H,15,17). The monoisotopic (exact) mass is 239 g/mol. The van der Waals surface area contributed by atoms with E-state index in [1.807, 2.05) is 19.0 Å². The van der Waals surface area contributed by atoms with Crippen molar-refractivity contribution in [3.63, 3.8) is 0 Å². The van der Waals surface area contributed by atoms with E-state index in [4.69, 9.17) is 0 Å². The maximum atomic E-state index is 12.8. The highest BCUT2D eigenvalue weighted by molar-refractivity contribution is 5.92. The second-order valence-electron chi connectivity index (χ2n) is 4.04. The molecule has 0 heterocycles. The predicted octanol–water partition coefficient (Wildman–Crippen LogP) is 0.915. The Bertz CT molecular complexity index is 369. The van der Waals surface area contributed by atoms with Gasteiger partial charge in [-0.25, -0.2) is 4.39 Å². The van der Waals surface area contributed by atoms with Gasteiger partial charge in [0.15, 0.2) is 0 Å². The van der Waals surface area contributed by atoms with Gasteiger partial charge in [0, 0.05) is 18.8 Å². The molecule has 0 fully saturated rings. The number of halogens is 1. The van der Waals surface area contributed by atoms with Crippen LogP contribution < -0.4 is 10.6 Å². The third-order valence-electron chi connectivity index (χ3n) is 2.13. The van der Waals surface area contributed by atoms with Gasteiger partial charge in [0.2, 0.25) is 5.91 Å². The molecule has 0 aromatic heterocycles. The highest BCUT2D eigenvalue weighted by atomic mass is 19.1. The lowest BCUT2D eigenvalue weighted by Crippen LogP contribution is -2.33. The maximum absolute atomic E-state index is 12.8. The summed E-state index contributed by atoms with van der Waals surface area (Å²) in [4.78, 5) is 13.5. The van der Waals surface area contributed by atoms with Crippen LogP contribution in [0.1, 0.15) is 0 Å². The molecule has 2 N–H and O–H groups in total. The summed E-state index contributed by atoms with van der Waals surface area (Å²) in [6.07, 6.45) is 0. The van der Waals surface area contributed by atoms with Crippen molar-refractivity contribution in [1.82, 2.24) is 10.2 Å². The Morgan fingerprint density at radius 2 is 2.18 bits per heavy atom. The third kappa shape index (κ3) is 5.99. The van der Waals surface area contributed by atoms with Crippen LogP contribution >= 0.6 is 0 Å². The van der Waals surface area contributed by atoms with Crippen molar-refractivity contribution in [2.45, 2.75) is 0 Å². The van der Waals surface area contributed by atoms with Crippen LogP contribution in [0, 0.1) is 5.82 Å². The van der Waals surface area contributed by atoms with Crippen molar-refractivity contribution in [2.24, 2.45) is 0 Å². The lowest BCUT2D eigenvalue weighted by atomic mass is 10.3. The van der Waals surface area contributed by atoms with E-state index < -0.39 is 0 Å². The van der Waals surface area contributed by atoms with Gasteiger partial charge in [-0.2, -0.15) is 0 Å². The first-order valence-electron chi connectivity index (χ1n) is 5.49. The molecular formula is C12H18FN3O. The number of anilines is 1.